The summed E-state index contributed by atoms with van der Waals surface area (Å²) in [5.41, 5.74) is 2.43. The maximum absolute atomic E-state index is 11.8. The Hall–Kier alpha value is -1.51. The van der Waals surface area contributed by atoms with Gasteiger partial charge in [-0.25, -0.2) is 0 Å². The van der Waals surface area contributed by atoms with Crippen LogP contribution in [0.5, 0.6) is 0 Å². The van der Waals surface area contributed by atoms with Gasteiger partial charge in [-0.15, -0.1) is 0 Å². The van der Waals surface area contributed by atoms with Crippen LogP contribution < -0.4 is 10.6 Å². The summed E-state index contributed by atoms with van der Waals surface area (Å²) in [5, 5.41) is 6.10. The first-order valence-electron chi connectivity index (χ1n) is 6.99. The lowest BCUT2D eigenvalue weighted by atomic mass is 9.87. The number of anilines is 1. The molecule has 0 bridgehead atoms. The van der Waals surface area contributed by atoms with E-state index >= 15 is 0 Å². The smallest absolute Gasteiger partial charge is 0.242 e. The van der Waals surface area contributed by atoms with Crippen LogP contribution in [0.4, 0.5) is 5.69 Å². The molecule has 0 aliphatic carbocycles. The van der Waals surface area contributed by atoms with Crippen LogP contribution in [0.25, 0.3) is 0 Å². The molecule has 2 N–H and O–H groups in total. The van der Waals surface area contributed by atoms with E-state index in [2.05, 4.69) is 43.5 Å². The van der Waals surface area contributed by atoms with E-state index in [1.807, 2.05) is 26.0 Å². The van der Waals surface area contributed by atoms with Gasteiger partial charge in [-0.05, 0) is 36.5 Å². The molecule has 1 unspecified atom stereocenters. The van der Waals surface area contributed by atoms with Crippen LogP contribution in [0.15, 0.2) is 24.3 Å². The summed E-state index contributed by atoms with van der Waals surface area (Å²) in [7, 11) is 0. The molecule has 0 saturated heterocycles. The van der Waals surface area contributed by atoms with Crippen LogP contribution in [0, 0.1) is 0 Å². The van der Waals surface area contributed by atoms with Gasteiger partial charge in [0.25, 0.3) is 0 Å². The highest BCUT2D eigenvalue weighted by Gasteiger charge is 2.14. The second-order valence-electron chi connectivity index (χ2n) is 5.98. The average molecular weight is 262 g/mol. The van der Waals surface area contributed by atoms with Crippen molar-refractivity contribution < 1.29 is 4.79 Å². The molecule has 0 radical (unpaired) electrons. The Morgan fingerprint density at radius 3 is 2.26 bits per heavy atom. The fraction of sp³-hybridized carbons (Fsp3) is 0.562. The molecule has 1 atom stereocenters. The normalized spacial score (nSPS) is 12.9. The Kier molecular flexibility index (Phi) is 5.40. The number of carbonyl (C=O) groups is 1. The molecule has 0 spiro atoms. The Bertz CT molecular complexity index is 404. The minimum absolute atomic E-state index is 0.0433. The number of amides is 1. The van der Waals surface area contributed by atoms with Crippen LogP contribution in [-0.4, -0.2) is 18.5 Å². The molecule has 3 heteroatoms. The standard InChI is InChI=1S/C16H26N2O/c1-6-11-17-15(19)12(2)18-14-9-7-13(8-10-14)16(3,4)5/h7-10,12,18H,6,11H2,1-5H3,(H,17,19). The van der Waals surface area contributed by atoms with Crippen molar-refractivity contribution in [2.24, 2.45) is 0 Å². The molecule has 0 aromatic heterocycles. The van der Waals surface area contributed by atoms with Crippen LogP contribution in [-0.2, 0) is 10.2 Å². The maximum Gasteiger partial charge on any atom is 0.242 e. The van der Waals surface area contributed by atoms with Gasteiger partial charge in [-0.3, -0.25) is 4.79 Å². The van der Waals surface area contributed by atoms with E-state index in [1.165, 1.54) is 5.56 Å². The summed E-state index contributed by atoms with van der Waals surface area (Å²) < 4.78 is 0. The lowest BCUT2D eigenvalue weighted by molar-refractivity contribution is -0.121. The molecule has 0 saturated carbocycles. The van der Waals surface area contributed by atoms with Gasteiger partial charge >= 0.3 is 0 Å². The molecule has 0 heterocycles. The molecular weight excluding hydrogens is 236 g/mol. The Balaban J connectivity index is 2.60. The van der Waals surface area contributed by atoms with Gasteiger partial charge in [0.1, 0.15) is 6.04 Å². The van der Waals surface area contributed by atoms with Gasteiger partial charge in [0.2, 0.25) is 5.91 Å². The van der Waals surface area contributed by atoms with E-state index in [4.69, 9.17) is 0 Å². The predicted molar refractivity (Wildman–Crippen MR) is 81.5 cm³/mol. The van der Waals surface area contributed by atoms with Crippen molar-refractivity contribution in [2.45, 2.75) is 52.5 Å². The SMILES string of the molecule is CCCNC(=O)C(C)Nc1ccc(C(C)(C)C)cc1. The zero-order valence-corrected chi connectivity index (χ0v) is 12.7. The third kappa shape index (κ3) is 4.93. The third-order valence-electron chi connectivity index (χ3n) is 3.08. The quantitative estimate of drug-likeness (QED) is 0.854. The number of rotatable bonds is 5. The molecule has 1 amide bonds. The van der Waals surface area contributed by atoms with Crippen molar-refractivity contribution in [3.63, 3.8) is 0 Å². The molecule has 1 aromatic rings. The number of hydrogen-bond acceptors (Lipinski definition) is 2. The van der Waals surface area contributed by atoms with Gasteiger partial charge in [0.15, 0.2) is 0 Å². The maximum atomic E-state index is 11.8. The Morgan fingerprint density at radius 1 is 1.21 bits per heavy atom. The molecule has 0 aliphatic rings. The van der Waals surface area contributed by atoms with Crippen molar-refractivity contribution in [1.29, 1.82) is 0 Å². The highest BCUT2D eigenvalue weighted by Crippen LogP contribution is 2.23. The molecule has 3 nitrogen and oxygen atoms in total. The van der Waals surface area contributed by atoms with E-state index in [0.717, 1.165) is 18.7 Å². The predicted octanol–water partition coefficient (Wildman–Crippen LogP) is 3.31. The monoisotopic (exact) mass is 262 g/mol. The van der Waals surface area contributed by atoms with Gasteiger partial charge in [-0.2, -0.15) is 0 Å². The summed E-state index contributed by atoms with van der Waals surface area (Å²) >= 11 is 0. The van der Waals surface area contributed by atoms with Crippen molar-refractivity contribution >= 4 is 11.6 Å². The molecule has 106 valence electrons. The first kappa shape index (κ1) is 15.5. The van der Waals surface area contributed by atoms with Gasteiger partial charge in [0, 0.05) is 12.2 Å². The van der Waals surface area contributed by atoms with E-state index in [9.17, 15) is 4.79 Å². The molecule has 0 fully saturated rings. The van der Waals surface area contributed by atoms with Crippen molar-refractivity contribution in [2.75, 3.05) is 11.9 Å². The second kappa shape index (κ2) is 6.60. The van der Waals surface area contributed by atoms with E-state index in [1.54, 1.807) is 0 Å². The lowest BCUT2D eigenvalue weighted by Gasteiger charge is -2.20. The zero-order valence-electron chi connectivity index (χ0n) is 12.7. The summed E-state index contributed by atoms with van der Waals surface area (Å²) in [6.07, 6.45) is 0.957. The highest BCUT2D eigenvalue weighted by atomic mass is 16.2. The Morgan fingerprint density at radius 2 is 1.79 bits per heavy atom. The molecule has 19 heavy (non-hydrogen) atoms. The minimum Gasteiger partial charge on any atom is -0.374 e. The highest BCUT2D eigenvalue weighted by molar-refractivity contribution is 5.84. The average Bonchev–Trinajstić information content (AvgIpc) is 2.35. The fourth-order valence-electron chi connectivity index (χ4n) is 1.78. The zero-order chi connectivity index (χ0) is 14.5. The van der Waals surface area contributed by atoms with Crippen LogP contribution in [0.2, 0.25) is 0 Å². The summed E-state index contributed by atoms with van der Waals surface area (Å²) in [6.45, 7) is 11.2. The van der Waals surface area contributed by atoms with Crippen molar-refractivity contribution in [3.05, 3.63) is 29.8 Å². The first-order chi connectivity index (χ1) is 8.84. The number of nitrogens with one attached hydrogen (secondary N) is 2. The summed E-state index contributed by atoms with van der Waals surface area (Å²) in [4.78, 5) is 11.8. The Labute approximate surface area is 116 Å². The summed E-state index contributed by atoms with van der Waals surface area (Å²) in [5.74, 6) is 0.0433. The van der Waals surface area contributed by atoms with Gasteiger partial charge in [0.05, 0.1) is 0 Å². The fourth-order valence-corrected chi connectivity index (χ4v) is 1.78. The number of carbonyl (C=O) groups excluding carboxylic acids is 1. The van der Waals surface area contributed by atoms with Crippen molar-refractivity contribution in [3.8, 4) is 0 Å². The van der Waals surface area contributed by atoms with Crippen LogP contribution in [0.1, 0.15) is 46.6 Å². The molecule has 0 aliphatic heterocycles. The largest absolute Gasteiger partial charge is 0.374 e. The first-order valence-corrected chi connectivity index (χ1v) is 6.99. The van der Waals surface area contributed by atoms with Crippen molar-refractivity contribution in [1.82, 2.24) is 5.32 Å². The molecule has 1 aromatic carbocycles. The minimum atomic E-state index is -0.216. The second-order valence-corrected chi connectivity index (χ2v) is 5.98. The van der Waals surface area contributed by atoms with E-state index in [-0.39, 0.29) is 17.4 Å². The third-order valence-corrected chi connectivity index (χ3v) is 3.08. The molecular formula is C16H26N2O. The van der Waals surface area contributed by atoms with Crippen LogP contribution >= 0.6 is 0 Å². The lowest BCUT2D eigenvalue weighted by Crippen LogP contribution is -2.37. The van der Waals surface area contributed by atoms with Crippen LogP contribution in [0.3, 0.4) is 0 Å². The van der Waals surface area contributed by atoms with E-state index < -0.39 is 0 Å². The number of benzene rings is 1. The molecule has 1 rings (SSSR count). The topological polar surface area (TPSA) is 41.1 Å². The summed E-state index contributed by atoms with van der Waals surface area (Å²) in [6, 6.07) is 8.07. The van der Waals surface area contributed by atoms with Gasteiger partial charge in [-0.1, -0.05) is 39.8 Å². The van der Waals surface area contributed by atoms with Gasteiger partial charge < -0.3 is 10.6 Å². The van der Waals surface area contributed by atoms with E-state index in [0.29, 0.717) is 0 Å². The number of hydrogen-bond donors (Lipinski definition) is 2.